The molecule has 2 atom stereocenters. The number of halogens is 6. The van der Waals surface area contributed by atoms with E-state index in [1.54, 1.807) is 11.3 Å². The van der Waals surface area contributed by atoms with Crippen molar-refractivity contribution < 1.29 is 31.1 Å². The molecule has 0 aliphatic rings. The smallest absolute Gasteiger partial charge is 0.303 e. The number of hydrogen-bond donors (Lipinski definition) is 0. The van der Waals surface area contributed by atoms with Crippen LogP contribution in [0.25, 0.3) is 21.3 Å². The molecule has 9 heteroatoms. The van der Waals surface area contributed by atoms with Crippen LogP contribution in [0.4, 0.5) is 26.3 Å². The number of hydrogen-bond acceptors (Lipinski definition) is 3. The summed E-state index contributed by atoms with van der Waals surface area (Å²) < 4.78 is 81.7. The van der Waals surface area contributed by atoms with Gasteiger partial charge in [-0.2, -0.15) is 26.3 Å². The van der Waals surface area contributed by atoms with E-state index in [0.29, 0.717) is 18.8 Å². The molecule has 39 heavy (non-hydrogen) atoms. The summed E-state index contributed by atoms with van der Waals surface area (Å²) in [7, 11) is 0. The van der Waals surface area contributed by atoms with Gasteiger partial charge in [0, 0.05) is 16.2 Å². The largest absolute Gasteiger partial charge is 0.433 e. The van der Waals surface area contributed by atoms with Crippen LogP contribution in [-0.2, 0) is 23.6 Å². The van der Waals surface area contributed by atoms with Gasteiger partial charge in [0.15, 0.2) is 0 Å². The SMILES string of the molecule is CCC(CCCc1ccc(-c2cccs2)cc1)CC(C=O)c1cc(C(F)(F)F)nc2c(C(F)(F)F)cccc12. The molecule has 4 rings (SSSR count). The van der Waals surface area contributed by atoms with Crippen molar-refractivity contribution in [2.24, 2.45) is 5.92 Å². The van der Waals surface area contributed by atoms with E-state index in [-0.39, 0.29) is 23.3 Å². The average Bonchev–Trinajstić information content (AvgIpc) is 3.44. The molecule has 0 N–H and O–H groups in total. The molecule has 206 valence electrons. The van der Waals surface area contributed by atoms with Crippen molar-refractivity contribution in [3.8, 4) is 10.4 Å². The first-order chi connectivity index (χ1) is 18.5. The maximum absolute atomic E-state index is 13.6. The zero-order valence-corrected chi connectivity index (χ0v) is 22.0. The number of aromatic nitrogens is 1. The Bertz CT molecular complexity index is 1390. The highest BCUT2D eigenvalue weighted by molar-refractivity contribution is 7.13. The second-order valence-corrected chi connectivity index (χ2v) is 10.6. The minimum Gasteiger partial charge on any atom is -0.303 e. The quantitative estimate of drug-likeness (QED) is 0.142. The Morgan fingerprint density at radius 1 is 0.949 bits per heavy atom. The van der Waals surface area contributed by atoms with Crippen LogP contribution in [0.1, 0.15) is 60.9 Å². The molecule has 2 heterocycles. The summed E-state index contributed by atoms with van der Waals surface area (Å²) in [6.07, 6.45) is -6.03. The molecule has 2 unspecified atom stereocenters. The summed E-state index contributed by atoms with van der Waals surface area (Å²) in [5.41, 5.74) is -1.25. The fourth-order valence-corrected chi connectivity index (χ4v) is 5.67. The molecule has 0 amide bonds. The molecule has 2 nitrogen and oxygen atoms in total. The van der Waals surface area contributed by atoms with Gasteiger partial charge in [-0.15, -0.1) is 11.3 Å². The zero-order valence-electron chi connectivity index (χ0n) is 21.1. The van der Waals surface area contributed by atoms with Gasteiger partial charge in [0.05, 0.1) is 11.1 Å². The van der Waals surface area contributed by atoms with Crippen LogP contribution in [-0.4, -0.2) is 11.3 Å². The van der Waals surface area contributed by atoms with Crippen LogP contribution in [0.2, 0.25) is 0 Å². The number of rotatable bonds is 10. The van der Waals surface area contributed by atoms with Crippen LogP contribution < -0.4 is 0 Å². The van der Waals surface area contributed by atoms with E-state index in [1.807, 2.05) is 18.4 Å². The Labute approximate surface area is 226 Å². The maximum Gasteiger partial charge on any atom is 0.433 e. The third kappa shape index (κ3) is 6.87. The fraction of sp³-hybridized carbons (Fsp3) is 0.333. The summed E-state index contributed by atoms with van der Waals surface area (Å²) in [6, 6.07) is 16.2. The van der Waals surface area contributed by atoms with E-state index in [4.69, 9.17) is 0 Å². The molecule has 2 aromatic heterocycles. The van der Waals surface area contributed by atoms with Gasteiger partial charge in [-0.3, -0.25) is 0 Å². The molecule has 0 aliphatic carbocycles. The van der Waals surface area contributed by atoms with E-state index in [2.05, 4.69) is 35.3 Å². The Kier molecular flexibility index (Phi) is 8.79. The minimum atomic E-state index is -4.96. The number of benzene rings is 2. The Balaban J connectivity index is 1.53. The minimum absolute atomic E-state index is 0.00828. The van der Waals surface area contributed by atoms with Crippen LogP contribution in [0, 0.1) is 5.92 Å². The highest BCUT2D eigenvalue weighted by Crippen LogP contribution is 2.40. The van der Waals surface area contributed by atoms with Crippen molar-refractivity contribution in [1.82, 2.24) is 4.98 Å². The van der Waals surface area contributed by atoms with Gasteiger partial charge in [-0.05, 0) is 65.4 Å². The van der Waals surface area contributed by atoms with Gasteiger partial charge >= 0.3 is 12.4 Å². The summed E-state index contributed by atoms with van der Waals surface area (Å²) in [6.45, 7) is 1.94. The third-order valence-corrected chi connectivity index (χ3v) is 7.95. The van der Waals surface area contributed by atoms with Crippen molar-refractivity contribution in [3.05, 3.63) is 88.4 Å². The topological polar surface area (TPSA) is 30.0 Å². The number of carbonyl (C=O) groups is 1. The summed E-state index contributed by atoms with van der Waals surface area (Å²) >= 11 is 1.67. The Hall–Kier alpha value is -3.20. The molecular weight excluding hydrogens is 536 g/mol. The van der Waals surface area contributed by atoms with Gasteiger partial charge in [0.25, 0.3) is 0 Å². The molecule has 0 bridgehead atoms. The first kappa shape index (κ1) is 28.8. The van der Waals surface area contributed by atoms with Crippen LogP contribution >= 0.6 is 11.3 Å². The number of aldehydes is 1. The number of aryl methyl sites for hydroxylation is 1. The number of carbonyl (C=O) groups excluding carboxylic acids is 1. The normalized spacial score (nSPS) is 13.9. The number of alkyl halides is 6. The zero-order chi connectivity index (χ0) is 28.2. The molecule has 0 radical (unpaired) electrons. The first-order valence-corrected chi connectivity index (χ1v) is 13.6. The number of nitrogens with zero attached hydrogens (tertiary/aromatic N) is 1. The highest BCUT2D eigenvalue weighted by atomic mass is 32.1. The van der Waals surface area contributed by atoms with E-state index in [9.17, 15) is 31.1 Å². The van der Waals surface area contributed by atoms with Crippen molar-refractivity contribution in [2.75, 3.05) is 0 Å². The second-order valence-electron chi connectivity index (χ2n) is 9.61. The number of thiophene rings is 1. The highest BCUT2D eigenvalue weighted by Gasteiger charge is 2.38. The molecule has 4 aromatic rings. The first-order valence-electron chi connectivity index (χ1n) is 12.7. The summed E-state index contributed by atoms with van der Waals surface area (Å²) in [5.74, 6) is -0.982. The number of para-hydroxylation sites is 1. The van der Waals surface area contributed by atoms with Crippen molar-refractivity contribution in [1.29, 1.82) is 0 Å². The monoisotopic (exact) mass is 563 g/mol. The Morgan fingerprint density at radius 2 is 1.69 bits per heavy atom. The number of fused-ring (bicyclic) bond motifs is 1. The lowest BCUT2D eigenvalue weighted by Gasteiger charge is -2.22. The predicted molar refractivity (Wildman–Crippen MR) is 142 cm³/mol. The van der Waals surface area contributed by atoms with Gasteiger partial charge in [-0.1, -0.05) is 62.2 Å². The van der Waals surface area contributed by atoms with E-state index >= 15 is 0 Å². The summed E-state index contributed by atoms with van der Waals surface area (Å²) in [4.78, 5) is 16.7. The number of pyridine rings is 1. The third-order valence-electron chi connectivity index (χ3n) is 7.03. The predicted octanol–water partition coefficient (Wildman–Crippen LogP) is 9.72. The second kappa shape index (κ2) is 11.9. The lowest BCUT2D eigenvalue weighted by molar-refractivity contribution is -0.142. The average molecular weight is 564 g/mol. The van der Waals surface area contributed by atoms with Gasteiger partial charge < -0.3 is 4.79 Å². The molecule has 0 spiro atoms. The van der Waals surface area contributed by atoms with E-state index in [0.717, 1.165) is 42.5 Å². The van der Waals surface area contributed by atoms with Crippen LogP contribution in [0.5, 0.6) is 0 Å². The fourth-order valence-electron chi connectivity index (χ4n) is 4.93. The van der Waals surface area contributed by atoms with Crippen LogP contribution in [0.15, 0.2) is 66.0 Å². The van der Waals surface area contributed by atoms with Gasteiger partial charge in [0.2, 0.25) is 0 Å². The molecule has 0 saturated carbocycles. The standard InChI is InChI=1S/C30H27F6NOS/c1-2-19(6-3-7-20-11-13-21(14-12-20)26-10-5-15-39-26)16-22(18-38)24-17-27(30(34,35)36)37-28-23(24)8-4-9-25(28)29(31,32)33/h4-5,8-15,17-19,22H,2-3,6-7,16H2,1H3. The van der Waals surface area contributed by atoms with Crippen molar-refractivity contribution in [2.45, 2.75) is 57.3 Å². The lowest BCUT2D eigenvalue weighted by Crippen LogP contribution is -2.15. The van der Waals surface area contributed by atoms with Gasteiger partial charge in [0.1, 0.15) is 12.0 Å². The molecule has 0 fully saturated rings. The molecule has 0 aliphatic heterocycles. The Morgan fingerprint density at radius 3 is 2.28 bits per heavy atom. The molecular formula is C30H27F6NOS. The summed E-state index contributed by atoms with van der Waals surface area (Å²) in [5, 5.41) is 1.94. The van der Waals surface area contributed by atoms with Crippen molar-refractivity contribution >= 4 is 28.5 Å². The van der Waals surface area contributed by atoms with E-state index in [1.165, 1.54) is 10.9 Å². The maximum atomic E-state index is 13.6. The molecule has 0 saturated heterocycles. The lowest BCUT2D eigenvalue weighted by atomic mass is 9.83. The van der Waals surface area contributed by atoms with E-state index < -0.39 is 35.0 Å². The van der Waals surface area contributed by atoms with Crippen LogP contribution in [0.3, 0.4) is 0 Å². The van der Waals surface area contributed by atoms with Gasteiger partial charge in [-0.25, -0.2) is 4.98 Å². The van der Waals surface area contributed by atoms with Crippen molar-refractivity contribution in [3.63, 3.8) is 0 Å². The molecule has 2 aromatic carbocycles.